The molecule has 0 aromatic heterocycles. The molecule has 0 atom stereocenters. The van der Waals surface area contributed by atoms with E-state index in [4.69, 9.17) is 15.2 Å². The summed E-state index contributed by atoms with van der Waals surface area (Å²) in [6.07, 6.45) is 4.35. The van der Waals surface area contributed by atoms with Crippen LogP contribution in [0.25, 0.3) is 0 Å². The van der Waals surface area contributed by atoms with Crippen molar-refractivity contribution in [1.82, 2.24) is 10.2 Å². The summed E-state index contributed by atoms with van der Waals surface area (Å²) in [7, 11) is 0. The number of hydrogen-bond donors (Lipinski definition) is 2. The molecule has 0 radical (unpaired) electrons. The summed E-state index contributed by atoms with van der Waals surface area (Å²) in [4.78, 5) is 17.8. The lowest BCUT2D eigenvalue weighted by Crippen LogP contribution is -2.48. The van der Waals surface area contributed by atoms with Gasteiger partial charge in [0, 0.05) is 32.3 Å². The van der Waals surface area contributed by atoms with E-state index >= 15 is 0 Å². The van der Waals surface area contributed by atoms with Gasteiger partial charge in [-0.05, 0) is 44.6 Å². The molecule has 2 rings (SSSR count). The van der Waals surface area contributed by atoms with Gasteiger partial charge in [-0.25, -0.2) is 4.79 Å². The Labute approximate surface area is 168 Å². The highest BCUT2D eigenvalue weighted by molar-refractivity contribution is 5.78. The molecule has 7 nitrogen and oxygen atoms in total. The maximum Gasteiger partial charge on any atom is 0.409 e. The van der Waals surface area contributed by atoms with Crippen molar-refractivity contribution in [2.75, 3.05) is 39.5 Å². The topological polar surface area (TPSA) is 89.2 Å². The maximum atomic E-state index is 11.7. The standard InChI is InChI=1S/C21H34N4O3/c1-2-28-21(26)25-14-10-19(11-15-25)24-20(22)23-13-6-7-16-27-17-12-18-8-4-3-5-9-18/h3-5,8-9,19H,2,6-7,10-17H2,1H3,(H3,22,23,24). The van der Waals surface area contributed by atoms with Crippen molar-refractivity contribution in [3.05, 3.63) is 35.9 Å². The number of rotatable bonds is 10. The van der Waals surface area contributed by atoms with Crippen molar-refractivity contribution >= 4 is 12.1 Å². The molecular weight excluding hydrogens is 356 g/mol. The molecule has 0 unspecified atom stereocenters. The highest BCUT2D eigenvalue weighted by atomic mass is 16.6. The first-order chi connectivity index (χ1) is 13.7. The zero-order valence-corrected chi connectivity index (χ0v) is 16.9. The first-order valence-electron chi connectivity index (χ1n) is 10.3. The third kappa shape index (κ3) is 8.61. The molecule has 1 heterocycles. The predicted octanol–water partition coefficient (Wildman–Crippen LogP) is 2.55. The van der Waals surface area contributed by atoms with E-state index in [0.717, 1.165) is 45.3 Å². The lowest BCUT2D eigenvalue weighted by atomic mass is 10.1. The lowest BCUT2D eigenvalue weighted by molar-refractivity contribution is 0.0963. The normalized spacial score (nSPS) is 15.5. The van der Waals surface area contributed by atoms with E-state index in [1.165, 1.54) is 5.56 Å². The number of carbonyl (C=O) groups excluding carboxylic acids is 1. The van der Waals surface area contributed by atoms with Crippen LogP contribution in [0.15, 0.2) is 35.3 Å². The van der Waals surface area contributed by atoms with Gasteiger partial charge >= 0.3 is 6.09 Å². The second-order valence-electron chi connectivity index (χ2n) is 6.93. The first kappa shape index (κ1) is 22.0. The largest absolute Gasteiger partial charge is 0.450 e. The van der Waals surface area contributed by atoms with Crippen LogP contribution < -0.4 is 11.1 Å². The van der Waals surface area contributed by atoms with Gasteiger partial charge in [-0.3, -0.25) is 4.99 Å². The van der Waals surface area contributed by atoms with Crippen molar-refractivity contribution in [3.8, 4) is 0 Å². The second kappa shape index (κ2) is 13.0. The number of nitrogens with one attached hydrogen (secondary N) is 1. The quantitative estimate of drug-likeness (QED) is 0.364. The number of ether oxygens (including phenoxy) is 2. The molecule has 1 aromatic carbocycles. The van der Waals surface area contributed by atoms with Gasteiger partial charge in [-0.1, -0.05) is 30.3 Å². The Morgan fingerprint density at radius 2 is 1.96 bits per heavy atom. The smallest absolute Gasteiger partial charge is 0.409 e. The van der Waals surface area contributed by atoms with E-state index in [9.17, 15) is 4.79 Å². The monoisotopic (exact) mass is 390 g/mol. The van der Waals surface area contributed by atoms with E-state index in [1.807, 2.05) is 13.0 Å². The van der Waals surface area contributed by atoms with Crippen LogP contribution in [-0.4, -0.2) is 62.4 Å². The number of nitrogens with two attached hydrogens (primary N) is 1. The number of piperidine rings is 1. The maximum absolute atomic E-state index is 11.7. The van der Waals surface area contributed by atoms with E-state index in [2.05, 4.69) is 34.6 Å². The van der Waals surface area contributed by atoms with Crippen LogP contribution in [0.2, 0.25) is 0 Å². The van der Waals surface area contributed by atoms with Gasteiger partial charge in [0.15, 0.2) is 5.96 Å². The minimum Gasteiger partial charge on any atom is -0.450 e. The van der Waals surface area contributed by atoms with Gasteiger partial charge in [0.2, 0.25) is 0 Å². The van der Waals surface area contributed by atoms with Crippen molar-refractivity contribution in [2.45, 2.75) is 45.1 Å². The van der Waals surface area contributed by atoms with E-state index in [0.29, 0.717) is 32.2 Å². The summed E-state index contributed by atoms with van der Waals surface area (Å²) in [5.41, 5.74) is 7.28. The number of carbonyl (C=O) groups is 1. The van der Waals surface area contributed by atoms with Gasteiger partial charge in [0.1, 0.15) is 0 Å². The van der Waals surface area contributed by atoms with Gasteiger partial charge in [0.25, 0.3) is 0 Å². The van der Waals surface area contributed by atoms with Gasteiger partial charge in [-0.15, -0.1) is 0 Å². The van der Waals surface area contributed by atoms with Crippen molar-refractivity contribution < 1.29 is 14.3 Å². The predicted molar refractivity (Wildman–Crippen MR) is 111 cm³/mol. The lowest BCUT2D eigenvalue weighted by Gasteiger charge is -2.31. The number of benzene rings is 1. The third-order valence-corrected chi connectivity index (χ3v) is 4.73. The number of hydrogen-bond acceptors (Lipinski definition) is 4. The highest BCUT2D eigenvalue weighted by Gasteiger charge is 2.23. The van der Waals surface area contributed by atoms with E-state index < -0.39 is 0 Å². The molecule has 0 aliphatic carbocycles. The molecule has 28 heavy (non-hydrogen) atoms. The van der Waals surface area contributed by atoms with Crippen molar-refractivity contribution in [2.24, 2.45) is 10.7 Å². The number of guanidine groups is 1. The SMILES string of the molecule is CCOC(=O)N1CCC(NC(N)=NCCCCOCCc2ccccc2)CC1. The van der Waals surface area contributed by atoms with Gasteiger partial charge < -0.3 is 25.4 Å². The van der Waals surface area contributed by atoms with E-state index in [1.54, 1.807) is 4.90 Å². The molecular formula is C21H34N4O3. The molecule has 1 amide bonds. The highest BCUT2D eigenvalue weighted by Crippen LogP contribution is 2.11. The van der Waals surface area contributed by atoms with Crippen LogP contribution in [0, 0.1) is 0 Å². The molecule has 1 aliphatic rings. The molecule has 1 aromatic rings. The van der Waals surface area contributed by atoms with E-state index in [-0.39, 0.29) is 12.1 Å². The molecule has 0 bridgehead atoms. The summed E-state index contributed by atoms with van der Waals surface area (Å²) >= 11 is 0. The molecule has 7 heteroatoms. The van der Waals surface area contributed by atoms with Crippen LogP contribution in [0.5, 0.6) is 0 Å². The number of likely N-dealkylation sites (tertiary alicyclic amines) is 1. The van der Waals surface area contributed by atoms with Crippen LogP contribution in [0.4, 0.5) is 4.79 Å². The second-order valence-corrected chi connectivity index (χ2v) is 6.93. The molecule has 1 fully saturated rings. The Balaban J connectivity index is 1.48. The average Bonchev–Trinajstić information content (AvgIpc) is 2.71. The Bertz CT molecular complexity index is 587. The molecule has 0 spiro atoms. The minimum absolute atomic E-state index is 0.228. The third-order valence-electron chi connectivity index (χ3n) is 4.73. The van der Waals surface area contributed by atoms with Gasteiger partial charge in [0.05, 0.1) is 13.2 Å². The Morgan fingerprint density at radius 3 is 2.68 bits per heavy atom. The van der Waals surface area contributed by atoms with Crippen LogP contribution >= 0.6 is 0 Å². The molecule has 0 saturated carbocycles. The zero-order valence-electron chi connectivity index (χ0n) is 16.9. The van der Waals surface area contributed by atoms with Crippen LogP contribution in [-0.2, 0) is 15.9 Å². The number of amides is 1. The van der Waals surface area contributed by atoms with Crippen LogP contribution in [0.1, 0.15) is 38.2 Å². The van der Waals surface area contributed by atoms with Crippen molar-refractivity contribution in [1.29, 1.82) is 0 Å². The summed E-state index contributed by atoms with van der Waals surface area (Å²) in [5, 5.41) is 3.26. The fourth-order valence-corrected chi connectivity index (χ4v) is 3.13. The first-order valence-corrected chi connectivity index (χ1v) is 10.3. The number of nitrogens with zero attached hydrogens (tertiary/aromatic N) is 2. The average molecular weight is 391 g/mol. The fraction of sp³-hybridized carbons (Fsp3) is 0.619. The van der Waals surface area contributed by atoms with Crippen molar-refractivity contribution in [3.63, 3.8) is 0 Å². The number of aliphatic imine (C=N–C) groups is 1. The Hall–Kier alpha value is -2.28. The Kier molecular flexibility index (Phi) is 10.2. The molecule has 1 aliphatic heterocycles. The van der Waals surface area contributed by atoms with Gasteiger partial charge in [-0.2, -0.15) is 0 Å². The summed E-state index contributed by atoms with van der Waals surface area (Å²) in [5.74, 6) is 0.486. The molecule has 156 valence electrons. The fourth-order valence-electron chi connectivity index (χ4n) is 3.13. The summed E-state index contributed by atoms with van der Waals surface area (Å²) < 4.78 is 10.7. The molecule has 1 saturated heterocycles. The molecule has 3 N–H and O–H groups in total. The minimum atomic E-state index is -0.228. The summed E-state index contributed by atoms with van der Waals surface area (Å²) in [6.45, 7) is 5.80. The zero-order chi connectivity index (χ0) is 20.0. The summed E-state index contributed by atoms with van der Waals surface area (Å²) in [6, 6.07) is 10.6. The Morgan fingerprint density at radius 1 is 1.21 bits per heavy atom. The number of unbranched alkanes of at least 4 members (excludes halogenated alkanes) is 1. The van der Waals surface area contributed by atoms with Crippen LogP contribution in [0.3, 0.4) is 0 Å².